The van der Waals surface area contributed by atoms with Crippen LogP contribution < -0.4 is 16.4 Å². The minimum Gasteiger partial charge on any atom is -0.436 e. The Bertz CT molecular complexity index is 907. The van der Waals surface area contributed by atoms with E-state index < -0.39 is 30.1 Å². The van der Waals surface area contributed by atoms with E-state index in [-0.39, 0.29) is 13.0 Å². The molecule has 0 heterocycles. The quantitative estimate of drug-likeness (QED) is 0.581. The smallest absolute Gasteiger partial charge is 0.405 e. The molecule has 2 atom stereocenters. The highest BCUT2D eigenvalue weighted by Crippen LogP contribution is 2.09. The molecule has 0 saturated carbocycles. The van der Waals surface area contributed by atoms with Crippen LogP contribution in [0.4, 0.5) is 4.79 Å². The molecule has 3 amide bonds. The Hall–Kier alpha value is -3.86. The SMILES string of the molecule is C[C@H](NC(=O)[C@@H](CCc1ccccc1)OC(N)=O)C(=O)NCc1ccc(C#N)cc1. The number of carbonyl (C=O) groups is 3. The third-order valence-electron chi connectivity index (χ3n) is 4.39. The Morgan fingerprint density at radius 2 is 1.70 bits per heavy atom. The molecule has 0 radical (unpaired) electrons. The maximum Gasteiger partial charge on any atom is 0.405 e. The van der Waals surface area contributed by atoms with Gasteiger partial charge in [-0.3, -0.25) is 9.59 Å². The molecule has 2 rings (SSSR count). The second-order valence-corrected chi connectivity index (χ2v) is 6.71. The van der Waals surface area contributed by atoms with Crippen molar-refractivity contribution in [3.63, 3.8) is 0 Å². The van der Waals surface area contributed by atoms with Gasteiger partial charge in [-0.2, -0.15) is 5.26 Å². The molecule has 0 aliphatic heterocycles. The number of nitrogens with two attached hydrogens (primary N) is 1. The lowest BCUT2D eigenvalue weighted by atomic mass is 10.1. The largest absolute Gasteiger partial charge is 0.436 e. The number of nitriles is 1. The number of nitrogens with zero attached hydrogens (tertiary/aromatic N) is 1. The van der Waals surface area contributed by atoms with Gasteiger partial charge in [0.2, 0.25) is 5.91 Å². The number of rotatable bonds is 9. The number of benzene rings is 2. The molecule has 0 spiro atoms. The zero-order valence-corrected chi connectivity index (χ0v) is 16.6. The van der Waals surface area contributed by atoms with E-state index >= 15 is 0 Å². The molecular weight excluding hydrogens is 384 g/mol. The molecule has 0 saturated heterocycles. The third-order valence-corrected chi connectivity index (χ3v) is 4.39. The molecule has 8 heteroatoms. The summed E-state index contributed by atoms with van der Waals surface area (Å²) in [5.74, 6) is -0.987. The summed E-state index contributed by atoms with van der Waals surface area (Å²) < 4.78 is 4.93. The first-order valence-corrected chi connectivity index (χ1v) is 9.46. The fourth-order valence-corrected chi connectivity index (χ4v) is 2.74. The average Bonchev–Trinajstić information content (AvgIpc) is 2.75. The lowest BCUT2D eigenvalue weighted by molar-refractivity contribution is -0.134. The number of ether oxygens (including phenoxy) is 1. The van der Waals surface area contributed by atoms with Gasteiger partial charge in [0.15, 0.2) is 6.10 Å². The van der Waals surface area contributed by atoms with Crippen molar-refractivity contribution in [1.82, 2.24) is 10.6 Å². The number of aryl methyl sites for hydroxylation is 1. The van der Waals surface area contributed by atoms with E-state index in [0.717, 1.165) is 11.1 Å². The Kier molecular flexibility index (Phi) is 8.39. The number of amides is 3. The van der Waals surface area contributed by atoms with Gasteiger partial charge < -0.3 is 21.1 Å². The lowest BCUT2D eigenvalue weighted by Gasteiger charge is -2.20. The lowest BCUT2D eigenvalue weighted by Crippen LogP contribution is -2.49. The zero-order chi connectivity index (χ0) is 21.9. The third kappa shape index (κ3) is 7.28. The van der Waals surface area contributed by atoms with Crippen molar-refractivity contribution in [2.75, 3.05) is 0 Å². The first-order valence-electron chi connectivity index (χ1n) is 9.46. The molecule has 0 aliphatic carbocycles. The molecular formula is C22H24N4O4. The van der Waals surface area contributed by atoms with Gasteiger partial charge in [-0.15, -0.1) is 0 Å². The Morgan fingerprint density at radius 3 is 2.30 bits per heavy atom. The van der Waals surface area contributed by atoms with Crippen molar-refractivity contribution in [2.24, 2.45) is 5.73 Å². The molecule has 30 heavy (non-hydrogen) atoms. The van der Waals surface area contributed by atoms with Crippen molar-refractivity contribution < 1.29 is 19.1 Å². The monoisotopic (exact) mass is 408 g/mol. The molecule has 0 fully saturated rings. The number of hydrogen-bond donors (Lipinski definition) is 3. The first kappa shape index (κ1) is 22.4. The summed E-state index contributed by atoms with van der Waals surface area (Å²) in [5, 5.41) is 14.1. The summed E-state index contributed by atoms with van der Waals surface area (Å²) in [6.07, 6.45) is -1.42. The second-order valence-electron chi connectivity index (χ2n) is 6.71. The summed E-state index contributed by atoms with van der Waals surface area (Å²) in [7, 11) is 0. The van der Waals surface area contributed by atoms with Crippen LogP contribution in [-0.4, -0.2) is 30.1 Å². The topological polar surface area (TPSA) is 134 Å². The van der Waals surface area contributed by atoms with Crippen LogP contribution in [-0.2, 0) is 27.3 Å². The molecule has 156 valence electrons. The Balaban J connectivity index is 1.88. The first-order chi connectivity index (χ1) is 14.4. The van der Waals surface area contributed by atoms with Gasteiger partial charge in [-0.1, -0.05) is 42.5 Å². The van der Waals surface area contributed by atoms with E-state index in [1.807, 2.05) is 36.4 Å². The highest BCUT2D eigenvalue weighted by molar-refractivity contribution is 5.89. The number of nitrogens with one attached hydrogen (secondary N) is 2. The molecule has 0 aliphatic rings. The van der Waals surface area contributed by atoms with Gasteiger partial charge in [0.1, 0.15) is 6.04 Å². The van der Waals surface area contributed by atoms with E-state index in [4.69, 9.17) is 15.7 Å². The summed E-state index contributed by atoms with van der Waals surface area (Å²) in [6, 6.07) is 17.4. The van der Waals surface area contributed by atoms with Crippen LogP contribution in [0.15, 0.2) is 54.6 Å². The normalized spacial score (nSPS) is 12.1. The summed E-state index contributed by atoms with van der Waals surface area (Å²) in [5.41, 5.74) is 7.41. The van der Waals surface area contributed by atoms with Crippen LogP contribution in [0.25, 0.3) is 0 Å². The van der Waals surface area contributed by atoms with Crippen LogP contribution in [0.1, 0.15) is 30.0 Å². The molecule has 0 unspecified atom stereocenters. The zero-order valence-electron chi connectivity index (χ0n) is 16.6. The second kappa shape index (κ2) is 11.2. The van der Waals surface area contributed by atoms with Gasteiger partial charge in [-0.05, 0) is 43.0 Å². The Morgan fingerprint density at radius 1 is 1.03 bits per heavy atom. The van der Waals surface area contributed by atoms with Crippen LogP contribution in [0.3, 0.4) is 0 Å². The average molecular weight is 408 g/mol. The van der Waals surface area contributed by atoms with E-state index in [1.165, 1.54) is 6.92 Å². The molecule has 0 bridgehead atoms. The summed E-state index contributed by atoms with van der Waals surface area (Å²) in [4.78, 5) is 36.0. The standard InChI is InChI=1S/C22H24N4O4/c1-15(20(27)25-14-18-9-7-17(13-23)8-10-18)26-21(28)19(30-22(24)29)12-11-16-5-3-2-4-6-16/h2-10,15,19H,11-12,14H2,1H3,(H2,24,29)(H,25,27)(H,26,28)/t15-,19+/m0/s1. The predicted octanol–water partition coefficient (Wildman–Crippen LogP) is 1.78. The van der Waals surface area contributed by atoms with Crippen molar-refractivity contribution >= 4 is 17.9 Å². The van der Waals surface area contributed by atoms with Gasteiger partial charge in [0, 0.05) is 6.54 Å². The van der Waals surface area contributed by atoms with Gasteiger partial charge in [0.25, 0.3) is 5.91 Å². The van der Waals surface area contributed by atoms with Crippen LogP contribution >= 0.6 is 0 Å². The number of primary amides is 1. The molecule has 2 aromatic carbocycles. The van der Waals surface area contributed by atoms with E-state index in [1.54, 1.807) is 24.3 Å². The van der Waals surface area contributed by atoms with Gasteiger partial charge >= 0.3 is 6.09 Å². The summed E-state index contributed by atoms with van der Waals surface area (Å²) in [6.45, 7) is 1.78. The minimum atomic E-state index is -1.10. The van der Waals surface area contributed by atoms with Crippen molar-refractivity contribution in [1.29, 1.82) is 5.26 Å². The minimum absolute atomic E-state index is 0.234. The van der Waals surface area contributed by atoms with E-state index in [2.05, 4.69) is 10.6 Å². The maximum atomic E-state index is 12.5. The van der Waals surface area contributed by atoms with Crippen molar-refractivity contribution in [3.8, 4) is 6.07 Å². The fourth-order valence-electron chi connectivity index (χ4n) is 2.74. The molecule has 2 aromatic rings. The van der Waals surface area contributed by atoms with Crippen molar-refractivity contribution in [2.45, 2.75) is 38.5 Å². The summed E-state index contributed by atoms with van der Waals surface area (Å²) >= 11 is 0. The van der Waals surface area contributed by atoms with Crippen LogP contribution in [0.2, 0.25) is 0 Å². The molecule has 0 aromatic heterocycles. The van der Waals surface area contributed by atoms with Crippen molar-refractivity contribution in [3.05, 3.63) is 71.3 Å². The van der Waals surface area contributed by atoms with E-state index in [9.17, 15) is 14.4 Å². The Labute approximate surface area is 175 Å². The van der Waals surface area contributed by atoms with E-state index in [0.29, 0.717) is 12.0 Å². The van der Waals surface area contributed by atoms with Crippen LogP contribution in [0, 0.1) is 11.3 Å². The van der Waals surface area contributed by atoms with Gasteiger partial charge in [0.05, 0.1) is 11.6 Å². The highest BCUT2D eigenvalue weighted by atomic mass is 16.6. The fraction of sp³-hybridized carbons (Fsp3) is 0.273. The van der Waals surface area contributed by atoms with Crippen LogP contribution in [0.5, 0.6) is 0 Å². The maximum absolute atomic E-state index is 12.5. The molecule has 8 nitrogen and oxygen atoms in total. The highest BCUT2D eigenvalue weighted by Gasteiger charge is 2.25. The van der Waals surface area contributed by atoms with Gasteiger partial charge in [-0.25, -0.2) is 4.79 Å². The number of hydrogen-bond acceptors (Lipinski definition) is 5. The predicted molar refractivity (Wildman–Crippen MR) is 110 cm³/mol. The number of carbonyl (C=O) groups excluding carboxylic acids is 3. The molecule has 4 N–H and O–H groups in total.